The highest BCUT2D eigenvalue weighted by Gasteiger charge is 2.27. The average molecular weight is 475 g/mol. The molecule has 0 aliphatic heterocycles. The Hall–Kier alpha value is -3.75. The second-order valence-electron chi connectivity index (χ2n) is 6.91. The van der Waals surface area contributed by atoms with E-state index in [4.69, 9.17) is 37.6 Å². The number of methoxy groups -OCH3 is 4. The third-order valence-electron chi connectivity index (χ3n) is 5.02. The SMILES string of the molecule is CCOc1cc(-c2oc3c(OC)c(OCC)cc(OCC)c3c(=O)c2OC)cc(OC)c1OC. The average Bonchev–Trinajstić information content (AvgIpc) is 2.83. The monoisotopic (exact) mass is 474 g/mol. The summed E-state index contributed by atoms with van der Waals surface area (Å²) in [6.07, 6.45) is 0. The molecule has 0 aliphatic rings. The Labute approximate surface area is 198 Å². The van der Waals surface area contributed by atoms with E-state index >= 15 is 0 Å². The van der Waals surface area contributed by atoms with E-state index in [2.05, 4.69) is 0 Å². The van der Waals surface area contributed by atoms with Gasteiger partial charge in [0, 0.05) is 11.6 Å². The molecule has 0 amide bonds. The first-order chi connectivity index (χ1) is 16.5. The van der Waals surface area contributed by atoms with E-state index in [0.717, 1.165) is 0 Å². The van der Waals surface area contributed by atoms with Gasteiger partial charge >= 0.3 is 0 Å². The van der Waals surface area contributed by atoms with E-state index in [9.17, 15) is 4.79 Å². The minimum absolute atomic E-state index is 0.00525. The van der Waals surface area contributed by atoms with Gasteiger partial charge in [-0.25, -0.2) is 0 Å². The largest absolute Gasteiger partial charge is 0.493 e. The van der Waals surface area contributed by atoms with Crippen LogP contribution in [0.25, 0.3) is 22.3 Å². The Balaban J connectivity index is 2.45. The van der Waals surface area contributed by atoms with Crippen LogP contribution in [-0.2, 0) is 0 Å². The summed E-state index contributed by atoms with van der Waals surface area (Å²) in [6.45, 7) is 6.63. The first kappa shape index (κ1) is 24.9. The summed E-state index contributed by atoms with van der Waals surface area (Å²) in [5, 5.41) is 0.188. The van der Waals surface area contributed by atoms with Gasteiger partial charge in [0.15, 0.2) is 28.6 Å². The molecule has 0 aliphatic carbocycles. The summed E-state index contributed by atoms with van der Waals surface area (Å²) in [4.78, 5) is 13.6. The lowest BCUT2D eigenvalue weighted by atomic mass is 10.1. The normalized spacial score (nSPS) is 10.7. The molecule has 9 heteroatoms. The maximum Gasteiger partial charge on any atom is 0.239 e. The zero-order chi connectivity index (χ0) is 24.8. The summed E-state index contributed by atoms with van der Waals surface area (Å²) in [7, 11) is 5.91. The number of benzene rings is 2. The molecule has 3 aromatic rings. The smallest absolute Gasteiger partial charge is 0.239 e. The van der Waals surface area contributed by atoms with Crippen molar-refractivity contribution in [3.63, 3.8) is 0 Å². The fraction of sp³-hybridized carbons (Fsp3) is 0.400. The van der Waals surface area contributed by atoms with Gasteiger partial charge in [-0.2, -0.15) is 0 Å². The van der Waals surface area contributed by atoms with Crippen LogP contribution in [0.15, 0.2) is 27.4 Å². The van der Waals surface area contributed by atoms with Crippen molar-refractivity contribution < 1.29 is 37.6 Å². The lowest BCUT2D eigenvalue weighted by molar-refractivity contribution is 0.296. The Bertz CT molecular complexity index is 1210. The molecule has 0 fully saturated rings. The molecule has 2 aromatic carbocycles. The Kier molecular flexibility index (Phi) is 7.99. The molecule has 0 unspecified atom stereocenters. The minimum Gasteiger partial charge on any atom is -0.493 e. The molecule has 184 valence electrons. The molecule has 1 heterocycles. The maximum absolute atomic E-state index is 13.6. The van der Waals surface area contributed by atoms with Gasteiger partial charge in [-0.05, 0) is 32.9 Å². The first-order valence-corrected chi connectivity index (χ1v) is 10.9. The quantitative estimate of drug-likeness (QED) is 0.392. The van der Waals surface area contributed by atoms with Crippen molar-refractivity contribution in [1.29, 1.82) is 0 Å². The third-order valence-corrected chi connectivity index (χ3v) is 5.02. The Morgan fingerprint density at radius 3 is 1.71 bits per heavy atom. The van der Waals surface area contributed by atoms with Crippen LogP contribution in [0.3, 0.4) is 0 Å². The highest BCUT2D eigenvalue weighted by molar-refractivity contribution is 5.94. The minimum atomic E-state index is -0.420. The molecule has 0 atom stereocenters. The molecule has 0 saturated heterocycles. The molecular weight excluding hydrogens is 444 g/mol. The molecular formula is C25H30O9. The van der Waals surface area contributed by atoms with Gasteiger partial charge in [-0.15, -0.1) is 0 Å². The zero-order valence-corrected chi connectivity index (χ0v) is 20.5. The van der Waals surface area contributed by atoms with Crippen LogP contribution in [0.1, 0.15) is 20.8 Å². The van der Waals surface area contributed by atoms with Crippen molar-refractivity contribution in [2.24, 2.45) is 0 Å². The molecule has 9 nitrogen and oxygen atoms in total. The zero-order valence-electron chi connectivity index (χ0n) is 20.5. The summed E-state index contributed by atoms with van der Waals surface area (Å²) >= 11 is 0. The standard InChI is InChI=1S/C25H30O9/c1-8-31-15-13-18(33-10-3)23(29-6)24-19(15)20(26)25(30-7)21(34-24)14-11-16(27-4)22(28-5)17(12-14)32-9-2/h11-13H,8-10H2,1-7H3. The fourth-order valence-electron chi connectivity index (χ4n) is 3.70. The second-order valence-corrected chi connectivity index (χ2v) is 6.91. The van der Waals surface area contributed by atoms with Gasteiger partial charge in [0.2, 0.25) is 22.7 Å². The van der Waals surface area contributed by atoms with Crippen LogP contribution in [0.2, 0.25) is 0 Å². The number of hydrogen-bond acceptors (Lipinski definition) is 9. The molecule has 3 rings (SSSR count). The predicted molar refractivity (Wildman–Crippen MR) is 128 cm³/mol. The highest BCUT2D eigenvalue weighted by atomic mass is 16.5. The van der Waals surface area contributed by atoms with Crippen molar-refractivity contribution in [3.8, 4) is 51.6 Å². The van der Waals surface area contributed by atoms with E-state index in [1.54, 1.807) is 18.2 Å². The number of fused-ring (bicyclic) bond motifs is 1. The molecule has 0 radical (unpaired) electrons. The molecule has 0 spiro atoms. The van der Waals surface area contributed by atoms with Gasteiger partial charge in [-0.3, -0.25) is 4.79 Å². The van der Waals surface area contributed by atoms with Gasteiger partial charge in [0.25, 0.3) is 0 Å². The Morgan fingerprint density at radius 1 is 0.647 bits per heavy atom. The van der Waals surface area contributed by atoms with Crippen LogP contribution >= 0.6 is 0 Å². The van der Waals surface area contributed by atoms with Crippen LogP contribution < -0.4 is 38.6 Å². The third kappa shape index (κ3) is 4.37. The van der Waals surface area contributed by atoms with Gasteiger partial charge in [0.1, 0.15) is 11.1 Å². The molecule has 0 N–H and O–H groups in total. The van der Waals surface area contributed by atoms with Gasteiger partial charge in [-0.1, -0.05) is 0 Å². The predicted octanol–water partition coefficient (Wildman–Crippen LogP) is 4.69. The highest BCUT2D eigenvalue weighted by Crippen LogP contribution is 2.46. The van der Waals surface area contributed by atoms with E-state index in [1.165, 1.54) is 28.4 Å². The number of ether oxygens (including phenoxy) is 7. The second kappa shape index (κ2) is 10.9. The Morgan fingerprint density at radius 2 is 1.18 bits per heavy atom. The summed E-state index contributed by atoms with van der Waals surface area (Å²) < 4.78 is 45.5. The summed E-state index contributed by atoms with van der Waals surface area (Å²) in [5.41, 5.74) is 0.237. The van der Waals surface area contributed by atoms with Gasteiger partial charge < -0.3 is 37.6 Å². The van der Waals surface area contributed by atoms with Crippen LogP contribution in [0, 0.1) is 0 Å². The van der Waals surface area contributed by atoms with Crippen molar-refractivity contribution in [2.45, 2.75) is 20.8 Å². The van der Waals surface area contributed by atoms with E-state index < -0.39 is 5.43 Å². The van der Waals surface area contributed by atoms with Crippen LogP contribution in [0.4, 0.5) is 0 Å². The number of rotatable bonds is 11. The molecule has 1 aromatic heterocycles. The number of hydrogen-bond donors (Lipinski definition) is 0. The van der Waals surface area contributed by atoms with E-state index in [-0.39, 0.29) is 28.2 Å². The topological polar surface area (TPSA) is 94.8 Å². The van der Waals surface area contributed by atoms with Crippen LogP contribution in [0.5, 0.6) is 40.2 Å². The fourth-order valence-corrected chi connectivity index (χ4v) is 3.70. The summed E-state index contributed by atoms with van der Waals surface area (Å²) in [5.74, 6) is 2.38. The van der Waals surface area contributed by atoms with Crippen molar-refractivity contribution in [1.82, 2.24) is 0 Å². The molecule has 0 saturated carbocycles. The van der Waals surface area contributed by atoms with Crippen LogP contribution in [-0.4, -0.2) is 48.3 Å². The van der Waals surface area contributed by atoms with E-state index in [1.807, 2.05) is 20.8 Å². The molecule has 0 bridgehead atoms. The lowest BCUT2D eigenvalue weighted by Crippen LogP contribution is -2.11. The lowest BCUT2D eigenvalue weighted by Gasteiger charge is -2.18. The van der Waals surface area contributed by atoms with Crippen molar-refractivity contribution in [3.05, 3.63) is 28.4 Å². The van der Waals surface area contributed by atoms with E-state index in [0.29, 0.717) is 54.1 Å². The van der Waals surface area contributed by atoms with Crippen molar-refractivity contribution >= 4 is 11.0 Å². The first-order valence-electron chi connectivity index (χ1n) is 10.9. The maximum atomic E-state index is 13.6. The van der Waals surface area contributed by atoms with Gasteiger partial charge in [0.05, 0.1) is 48.3 Å². The van der Waals surface area contributed by atoms with Crippen molar-refractivity contribution in [2.75, 3.05) is 48.3 Å². The molecule has 34 heavy (non-hydrogen) atoms. The summed E-state index contributed by atoms with van der Waals surface area (Å²) in [6, 6.07) is 4.99.